The van der Waals surface area contributed by atoms with E-state index in [9.17, 15) is 39.6 Å². The van der Waals surface area contributed by atoms with Crippen molar-refractivity contribution < 1.29 is 39.6 Å². The van der Waals surface area contributed by atoms with E-state index in [1.807, 2.05) is 6.92 Å². The Morgan fingerprint density at radius 2 is 1.86 bits per heavy atom. The van der Waals surface area contributed by atoms with Crippen molar-refractivity contribution in [1.29, 1.82) is 0 Å². The summed E-state index contributed by atoms with van der Waals surface area (Å²) in [4.78, 5) is 52.8. The number of hydrogen-bond donors (Lipinski definition) is 5. The molecule has 35 heavy (non-hydrogen) atoms. The number of aryl methyl sites for hydroxylation is 1. The molecule has 2 unspecified atom stereocenters. The summed E-state index contributed by atoms with van der Waals surface area (Å²) in [6.07, 6.45) is -0.768. The van der Waals surface area contributed by atoms with Crippen LogP contribution < -0.4 is 5.73 Å². The third-order valence-corrected chi connectivity index (χ3v) is 7.94. The predicted octanol–water partition coefficient (Wildman–Crippen LogP) is -0.106. The van der Waals surface area contributed by atoms with Crippen LogP contribution in [0.25, 0.3) is 5.76 Å². The first-order valence-electron chi connectivity index (χ1n) is 11.6. The number of Topliss-reactive ketones (excluding diaryl/α,β-unsaturated/α-hetero) is 3. The minimum absolute atomic E-state index is 0.00984. The summed E-state index contributed by atoms with van der Waals surface area (Å²) >= 11 is 0. The van der Waals surface area contributed by atoms with Crippen molar-refractivity contribution in [2.75, 3.05) is 14.1 Å². The third-order valence-electron chi connectivity index (χ3n) is 7.94. The molecular weight excluding hydrogens is 456 g/mol. The van der Waals surface area contributed by atoms with Crippen LogP contribution in [-0.2, 0) is 27.2 Å². The van der Waals surface area contributed by atoms with Crippen LogP contribution in [0.2, 0.25) is 0 Å². The maximum atomic E-state index is 13.8. The molecule has 0 spiro atoms. The topological polar surface area (TPSA) is 178 Å². The van der Waals surface area contributed by atoms with Gasteiger partial charge in [0.05, 0.1) is 17.2 Å². The Morgan fingerprint density at radius 3 is 2.37 bits per heavy atom. The maximum Gasteiger partial charge on any atom is 0.230 e. The zero-order valence-corrected chi connectivity index (χ0v) is 20.0. The number of nitrogens with zero attached hydrogens (tertiary/aromatic N) is 1. The van der Waals surface area contributed by atoms with E-state index < -0.39 is 70.3 Å². The smallest absolute Gasteiger partial charge is 0.230 e. The van der Waals surface area contributed by atoms with Crippen molar-refractivity contribution in [1.82, 2.24) is 4.90 Å². The second-order valence-corrected chi connectivity index (χ2v) is 9.99. The van der Waals surface area contributed by atoms with Crippen molar-refractivity contribution in [2.45, 2.75) is 50.9 Å². The number of amides is 1. The summed E-state index contributed by atoms with van der Waals surface area (Å²) in [5.41, 5.74) is 3.66. The third kappa shape index (κ3) is 3.27. The fraction of sp³-hybridized carbons (Fsp3) is 0.520. The molecule has 6 atom stereocenters. The fourth-order valence-corrected chi connectivity index (χ4v) is 6.33. The largest absolute Gasteiger partial charge is 0.507 e. The number of nitrogens with two attached hydrogens (primary N) is 1. The lowest BCUT2D eigenvalue weighted by Gasteiger charge is -2.53. The fourth-order valence-electron chi connectivity index (χ4n) is 6.33. The first kappa shape index (κ1) is 25.0. The van der Waals surface area contributed by atoms with E-state index in [4.69, 9.17) is 5.73 Å². The van der Waals surface area contributed by atoms with Gasteiger partial charge in [-0.05, 0) is 63.4 Å². The van der Waals surface area contributed by atoms with Gasteiger partial charge >= 0.3 is 0 Å². The highest BCUT2D eigenvalue weighted by Gasteiger charge is 2.67. The summed E-state index contributed by atoms with van der Waals surface area (Å²) in [6.45, 7) is 3.13. The van der Waals surface area contributed by atoms with Crippen LogP contribution in [0.15, 0.2) is 11.6 Å². The van der Waals surface area contributed by atoms with Gasteiger partial charge in [-0.3, -0.25) is 19.2 Å². The molecule has 6 N–H and O–H groups in total. The van der Waals surface area contributed by atoms with Crippen molar-refractivity contribution in [3.8, 4) is 5.75 Å². The van der Waals surface area contributed by atoms with Gasteiger partial charge in [0.2, 0.25) is 11.7 Å². The maximum absolute atomic E-state index is 13.8. The molecule has 0 aliphatic heterocycles. The molecule has 3 aliphatic rings. The molecule has 0 radical (unpaired) electrons. The number of carbonyl (C=O) groups is 4. The average Bonchev–Trinajstić information content (AvgIpc) is 2.75. The number of aliphatic hydroxyl groups excluding tert-OH is 2. The number of phenolic OH excluding ortho intramolecular Hbond substituents is 1. The molecule has 1 amide bonds. The molecule has 1 aromatic carbocycles. The van der Waals surface area contributed by atoms with Crippen molar-refractivity contribution in [3.05, 3.63) is 33.9 Å². The normalized spacial score (nSPS) is 32.3. The van der Waals surface area contributed by atoms with E-state index in [1.165, 1.54) is 6.92 Å². The summed E-state index contributed by atoms with van der Waals surface area (Å²) in [6, 6.07) is 0.632. The number of aliphatic hydroxyl groups is 3. The Hall–Kier alpha value is -3.08. The Labute approximate surface area is 202 Å². The van der Waals surface area contributed by atoms with Gasteiger partial charge in [-0.15, -0.1) is 0 Å². The highest BCUT2D eigenvalue weighted by atomic mass is 16.3. The second kappa shape index (κ2) is 8.25. The van der Waals surface area contributed by atoms with Gasteiger partial charge in [-0.2, -0.15) is 0 Å². The number of hydrogen-bond acceptors (Lipinski definition) is 9. The van der Waals surface area contributed by atoms with E-state index in [2.05, 4.69) is 0 Å². The molecule has 4 rings (SSSR count). The number of ketones is 3. The number of primary amides is 1. The molecule has 1 aromatic rings. The van der Waals surface area contributed by atoms with Gasteiger partial charge < -0.3 is 31.1 Å². The Balaban J connectivity index is 1.97. The number of phenols is 1. The lowest BCUT2D eigenvalue weighted by molar-refractivity contribution is -0.184. The molecule has 3 aliphatic carbocycles. The van der Waals surface area contributed by atoms with Gasteiger partial charge in [0.1, 0.15) is 17.4 Å². The number of benzene rings is 1. The van der Waals surface area contributed by atoms with Gasteiger partial charge in [-0.1, -0.05) is 6.92 Å². The lowest BCUT2D eigenvalue weighted by atomic mass is 9.54. The minimum atomic E-state index is -2.70. The monoisotopic (exact) mass is 486 g/mol. The molecule has 0 bridgehead atoms. The highest BCUT2D eigenvalue weighted by molar-refractivity contribution is 6.25. The zero-order valence-electron chi connectivity index (χ0n) is 20.0. The van der Waals surface area contributed by atoms with Crippen LogP contribution in [0, 0.1) is 17.8 Å². The summed E-state index contributed by atoms with van der Waals surface area (Å²) in [5, 5.41) is 44.5. The number of aromatic hydroxyl groups is 1. The summed E-state index contributed by atoms with van der Waals surface area (Å²) in [7, 11) is 3.20. The lowest BCUT2D eigenvalue weighted by Crippen LogP contribution is -2.73. The van der Waals surface area contributed by atoms with Gasteiger partial charge in [0, 0.05) is 17.5 Å². The molecule has 10 nitrogen and oxygen atoms in total. The average molecular weight is 487 g/mol. The number of likely N-dealkylation sites (N-methyl/N-ethyl adjacent to an activating group) is 1. The van der Waals surface area contributed by atoms with Gasteiger partial charge in [0.25, 0.3) is 0 Å². The predicted molar refractivity (Wildman–Crippen MR) is 123 cm³/mol. The molecule has 0 aromatic heterocycles. The SMILES string of the molecule is CCc1cc(C(C)=O)c(O)c2c1C[C@@H]1C[C@@H]3[C@@H](N(C)C)C(O)C(C(N)=O)C(=O)[C@]3(O)C(=O)C1=C2O. The van der Waals surface area contributed by atoms with E-state index in [-0.39, 0.29) is 29.5 Å². The van der Waals surface area contributed by atoms with Crippen LogP contribution in [0.1, 0.15) is 47.3 Å². The molecule has 2 saturated carbocycles. The molecule has 0 saturated heterocycles. The number of fused-ring (bicyclic) bond motifs is 3. The first-order valence-corrected chi connectivity index (χ1v) is 11.6. The van der Waals surface area contributed by atoms with Crippen LogP contribution in [0.4, 0.5) is 0 Å². The quantitative estimate of drug-likeness (QED) is 0.287. The number of carbonyl (C=O) groups excluding carboxylic acids is 4. The Kier molecular flexibility index (Phi) is 5.90. The van der Waals surface area contributed by atoms with E-state index >= 15 is 0 Å². The molecule has 188 valence electrons. The van der Waals surface area contributed by atoms with Crippen LogP contribution in [-0.4, -0.2) is 80.4 Å². The van der Waals surface area contributed by atoms with Crippen molar-refractivity contribution >= 4 is 29.0 Å². The molecule has 0 heterocycles. The van der Waals surface area contributed by atoms with Crippen LogP contribution in [0.3, 0.4) is 0 Å². The Morgan fingerprint density at radius 1 is 1.23 bits per heavy atom. The molecule has 10 heteroatoms. The standard InChI is InChI=1S/C25H30N2O8/c1-5-10-6-12(9(2)28)19(29)16-13(10)7-11-8-14-18(27(3)4)21(31)17(24(26)34)23(33)25(14,35)22(32)15(11)20(16)30/h6,11,14,17-18,21,29-31,35H,5,7-8H2,1-4H3,(H2,26,34)/t11-,14-,17?,18-,21?,25-/m1/s1. The van der Waals surface area contributed by atoms with Crippen molar-refractivity contribution in [3.63, 3.8) is 0 Å². The van der Waals surface area contributed by atoms with Gasteiger partial charge in [0.15, 0.2) is 17.2 Å². The highest BCUT2D eigenvalue weighted by Crippen LogP contribution is 2.53. The molecule has 2 fully saturated rings. The van der Waals surface area contributed by atoms with E-state index in [0.29, 0.717) is 12.0 Å². The molecular formula is C25H30N2O8. The van der Waals surface area contributed by atoms with Crippen LogP contribution >= 0.6 is 0 Å². The number of rotatable bonds is 4. The Bertz CT molecular complexity index is 1200. The van der Waals surface area contributed by atoms with Crippen molar-refractivity contribution in [2.24, 2.45) is 23.5 Å². The van der Waals surface area contributed by atoms with Gasteiger partial charge in [-0.25, -0.2) is 0 Å². The first-order chi connectivity index (χ1) is 16.3. The summed E-state index contributed by atoms with van der Waals surface area (Å²) in [5.74, 6) is -8.45. The van der Waals surface area contributed by atoms with Crippen LogP contribution in [0.5, 0.6) is 5.75 Å². The zero-order chi connectivity index (χ0) is 26.1. The minimum Gasteiger partial charge on any atom is -0.507 e. The second-order valence-electron chi connectivity index (χ2n) is 9.99. The summed E-state index contributed by atoms with van der Waals surface area (Å²) < 4.78 is 0. The van der Waals surface area contributed by atoms with E-state index in [1.54, 1.807) is 25.1 Å². The van der Waals surface area contributed by atoms with E-state index in [0.717, 1.165) is 5.56 Å².